The smallest absolute Gasteiger partial charge is 0.306 e. The maximum Gasteiger partial charge on any atom is 0.306 e. The second-order valence-electron chi connectivity index (χ2n) is 21.3. The average Bonchev–Trinajstić information content (AvgIpc) is 3.38. The van der Waals surface area contributed by atoms with Gasteiger partial charge in [0, 0.05) is 19.3 Å². The van der Waals surface area contributed by atoms with E-state index in [9.17, 15) is 14.4 Å². The van der Waals surface area contributed by atoms with Crippen molar-refractivity contribution in [1.29, 1.82) is 0 Å². The van der Waals surface area contributed by atoms with Crippen LogP contribution in [0.5, 0.6) is 0 Å². The second-order valence-corrected chi connectivity index (χ2v) is 21.3. The molecule has 0 N–H and O–H groups in total. The van der Waals surface area contributed by atoms with Crippen molar-refractivity contribution in [2.24, 2.45) is 0 Å². The number of allylic oxidation sites excluding steroid dienone is 8. The van der Waals surface area contributed by atoms with Crippen molar-refractivity contribution in [3.05, 3.63) is 48.6 Å². The first kappa shape index (κ1) is 69.4. The molecule has 0 bridgehead atoms. The van der Waals surface area contributed by atoms with Crippen LogP contribution in [0.2, 0.25) is 0 Å². The Hall–Kier alpha value is -2.63. The Bertz CT molecular complexity index is 1250. The van der Waals surface area contributed by atoms with E-state index in [0.717, 1.165) is 77.0 Å². The van der Waals surface area contributed by atoms with Gasteiger partial charge in [0.25, 0.3) is 0 Å². The van der Waals surface area contributed by atoms with Crippen LogP contribution in [0, 0.1) is 0 Å². The Morgan fingerprint density at radius 3 is 0.806 bits per heavy atom. The van der Waals surface area contributed by atoms with Gasteiger partial charge in [-0.05, 0) is 103 Å². The minimum absolute atomic E-state index is 0.0765. The first-order valence-electron chi connectivity index (χ1n) is 31.6. The van der Waals surface area contributed by atoms with Gasteiger partial charge in [0.1, 0.15) is 13.2 Å². The first-order chi connectivity index (χ1) is 35.5. The van der Waals surface area contributed by atoms with Crippen molar-refractivity contribution >= 4 is 17.9 Å². The van der Waals surface area contributed by atoms with Crippen LogP contribution in [0.1, 0.15) is 335 Å². The van der Waals surface area contributed by atoms with Crippen molar-refractivity contribution in [3.8, 4) is 0 Å². The van der Waals surface area contributed by atoms with E-state index in [4.69, 9.17) is 14.2 Å². The molecule has 6 heteroatoms. The molecule has 0 aromatic heterocycles. The number of carbonyl (C=O) groups excluding carboxylic acids is 3. The lowest BCUT2D eigenvalue weighted by molar-refractivity contribution is -0.167. The molecule has 1 unspecified atom stereocenters. The minimum atomic E-state index is -0.779. The molecule has 1 atom stereocenters. The predicted octanol–water partition coefficient (Wildman–Crippen LogP) is 21.4. The number of unbranched alkanes of at least 4 members (excludes halogenated alkanes) is 39. The highest BCUT2D eigenvalue weighted by Gasteiger charge is 2.19. The van der Waals surface area contributed by atoms with Gasteiger partial charge in [0.05, 0.1) is 0 Å². The Kier molecular flexibility index (Phi) is 58.7. The molecule has 0 aliphatic rings. The Balaban J connectivity index is 4.20. The summed E-state index contributed by atoms with van der Waals surface area (Å²) in [5.41, 5.74) is 0. The van der Waals surface area contributed by atoms with E-state index in [0.29, 0.717) is 19.3 Å². The molecule has 0 spiro atoms. The fraction of sp³-hybridized carbons (Fsp3) is 0.833. The fourth-order valence-electron chi connectivity index (χ4n) is 9.23. The van der Waals surface area contributed by atoms with Crippen LogP contribution >= 0.6 is 0 Å². The third kappa shape index (κ3) is 58.3. The molecule has 0 aliphatic heterocycles. The maximum atomic E-state index is 12.9. The normalized spacial score (nSPS) is 12.3. The zero-order valence-corrected chi connectivity index (χ0v) is 48.2. The summed E-state index contributed by atoms with van der Waals surface area (Å²) in [5.74, 6) is -0.878. The van der Waals surface area contributed by atoms with Crippen molar-refractivity contribution in [3.63, 3.8) is 0 Å². The maximum absolute atomic E-state index is 12.9. The van der Waals surface area contributed by atoms with E-state index < -0.39 is 6.10 Å². The summed E-state index contributed by atoms with van der Waals surface area (Å²) in [6.45, 7) is 6.62. The van der Waals surface area contributed by atoms with Crippen LogP contribution in [-0.2, 0) is 28.6 Å². The molecule has 0 heterocycles. The summed E-state index contributed by atoms with van der Waals surface area (Å²) < 4.78 is 16.9. The van der Waals surface area contributed by atoms with Gasteiger partial charge < -0.3 is 14.2 Å². The summed E-state index contributed by atoms with van der Waals surface area (Å²) in [4.78, 5) is 38.2. The van der Waals surface area contributed by atoms with Gasteiger partial charge in [-0.2, -0.15) is 0 Å². The van der Waals surface area contributed by atoms with Crippen LogP contribution < -0.4 is 0 Å². The fourth-order valence-corrected chi connectivity index (χ4v) is 9.23. The summed E-state index contributed by atoms with van der Waals surface area (Å²) in [6, 6.07) is 0. The van der Waals surface area contributed by atoms with Gasteiger partial charge in [0.15, 0.2) is 6.10 Å². The summed E-state index contributed by atoms with van der Waals surface area (Å²) in [6.07, 6.45) is 75.5. The highest BCUT2D eigenvalue weighted by Crippen LogP contribution is 2.17. The molecule has 0 radical (unpaired) electrons. The van der Waals surface area contributed by atoms with E-state index in [1.165, 1.54) is 218 Å². The van der Waals surface area contributed by atoms with Crippen LogP contribution in [0.4, 0.5) is 0 Å². The molecule has 0 aromatic rings. The average molecular weight is 1010 g/mol. The van der Waals surface area contributed by atoms with Gasteiger partial charge in [0.2, 0.25) is 0 Å². The Morgan fingerprint density at radius 1 is 0.278 bits per heavy atom. The molecule has 0 aromatic carbocycles. The number of hydrogen-bond acceptors (Lipinski definition) is 6. The van der Waals surface area contributed by atoms with E-state index in [1.807, 2.05) is 0 Å². The predicted molar refractivity (Wildman–Crippen MR) is 312 cm³/mol. The Morgan fingerprint density at radius 2 is 0.500 bits per heavy atom. The SMILES string of the molecule is CCCCC/C=C\CCCCCCCC(=O)OCC(COC(=O)CCCCCCCCCCCCCCCCC/C=C\C/C=C\CCCCCCC)OC(=O)CCCCCCC/C=C\CCCCCCCC. The first-order valence-corrected chi connectivity index (χ1v) is 31.6. The zero-order valence-electron chi connectivity index (χ0n) is 48.2. The summed E-state index contributed by atoms with van der Waals surface area (Å²) in [7, 11) is 0. The third-order valence-corrected chi connectivity index (χ3v) is 14.0. The van der Waals surface area contributed by atoms with Crippen LogP contribution in [0.25, 0.3) is 0 Å². The van der Waals surface area contributed by atoms with Crippen molar-refractivity contribution in [1.82, 2.24) is 0 Å². The Labute approximate surface area is 448 Å². The highest BCUT2D eigenvalue weighted by atomic mass is 16.6. The quantitative estimate of drug-likeness (QED) is 0.0261. The van der Waals surface area contributed by atoms with Crippen molar-refractivity contribution in [2.45, 2.75) is 341 Å². The molecule has 0 rings (SSSR count). The van der Waals surface area contributed by atoms with Gasteiger partial charge in [-0.3, -0.25) is 14.4 Å². The van der Waals surface area contributed by atoms with Crippen molar-refractivity contribution < 1.29 is 28.6 Å². The molecular formula is C66H120O6. The summed E-state index contributed by atoms with van der Waals surface area (Å²) >= 11 is 0. The number of ether oxygens (including phenoxy) is 3. The molecule has 6 nitrogen and oxygen atoms in total. The monoisotopic (exact) mass is 1010 g/mol. The molecule has 0 amide bonds. The standard InChI is InChI=1S/C66H120O6/c1-4-7-10-13-16-19-22-25-27-28-29-30-31-32-33-34-35-36-37-38-40-41-44-47-50-53-56-59-65(68)71-62-63(61-70-64(67)58-55-52-49-46-43-24-21-18-15-12-9-6-3)72-66(69)60-57-54-51-48-45-42-39-26-23-20-17-14-11-8-5-2/h18,21-22,25-26,28-29,39,63H,4-17,19-20,23-24,27,30-38,40-62H2,1-3H3/b21-18-,25-22-,29-28-,39-26-. The lowest BCUT2D eigenvalue weighted by atomic mass is 10.0. The van der Waals surface area contributed by atoms with Crippen molar-refractivity contribution in [2.75, 3.05) is 13.2 Å². The largest absolute Gasteiger partial charge is 0.462 e. The van der Waals surface area contributed by atoms with E-state index >= 15 is 0 Å². The van der Waals surface area contributed by atoms with E-state index in [2.05, 4.69) is 69.4 Å². The molecule has 0 saturated heterocycles. The van der Waals surface area contributed by atoms with Crippen LogP contribution in [-0.4, -0.2) is 37.2 Å². The van der Waals surface area contributed by atoms with Gasteiger partial charge in [-0.1, -0.05) is 262 Å². The van der Waals surface area contributed by atoms with Gasteiger partial charge in [-0.15, -0.1) is 0 Å². The number of hydrogen-bond donors (Lipinski definition) is 0. The van der Waals surface area contributed by atoms with E-state index in [-0.39, 0.29) is 31.1 Å². The lowest BCUT2D eigenvalue weighted by Crippen LogP contribution is -2.30. The third-order valence-electron chi connectivity index (χ3n) is 14.0. The van der Waals surface area contributed by atoms with Crippen LogP contribution in [0.15, 0.2) is 48.6 Å². The minimum Gasteiger partial charge on any atom is -0.462 e. The number of esters is 3. The summed E-state index contributed by atoms with van der Waals surface area (Å²) in [5, 5.41) is 0. The van der Waals surface area contributed by atoms with Gasteiger partial charge >= 0.3 is 17.9 Å². The number of carbonyl (C=O) groups is 3. The molecule has 72 heavy (non-hydrogen) atoms. The molecule has 420 valence electrons. The zero-order chi connectivity index (χ0) is 52.2. The van der Waals surface area contributed by atoms with Crippen LogP contribution in [0.3, 0.4) is 0 Å². The van der Waals surface area contributed by atoms with Gasteiger partial charge in [-0.25, -0.2) is 0 Å². The molecule has 0 saturated carbocycles. The van der Waals surface area contributed by atoms with E-state index in [1.54, 1.807) is 0 Å². The highest BCUT2D eigenvalue weighted by molar-refractivity contribution is 5.71. The molecular weight excluding hydrogens is 889 g/mol. The topological polar surface area (TPSA) is 78.9 Å². The lowest BCUT2D eigenvalue weighted by Gasteiger charge is -2.18. The molecule has 0 aliphatic carbocycles. The number of rotatable bonds is 58. The molecule has 0 fully saturated rings. The second kappa shape index (κ2) is 60.9.